The molecule has 0 radical (unpaired) electrons. The standard InChI is InChI=1S/C19H19BrF3N3O2/c1-10(12-5-3-4-6-13(12)20)25-11(2)19(28)24-9-16(27)26-15-8-7-14(21)17(22)18(15)23/h3-8,10-11,25H,9H2,1-2H3,(H,24,28)(H,26,27)/t10-,11+/m1/s1. The average molecular weight is 458 g/mol. The number of nitrogens with one attached hydrogen (secondary N) is 3. The third-order valence-electron chi connectivity index (χ3n) is 4.00. The van der Waals surface area contributed by atoms with Crippen molar-refractivity contribution >= 4 is 33.4 Å². The maximum Gasteiger partial charge on any atom is 0.243 e. The van der Waals surface area contributed by atoms with Crippen LogP contribution < -0.4 is 16.0 Å². The Balaban J connectivity index is 1.86. The summed E-state index contributed by atoms with van der Waals surface area (Å²) in [5, 5.41) is 7.60. The molecule has 0 bridgehead atoms. The first-order chi connectivity index (χ1) is 13.2. The monoisotopic (exact) mass is 457 g/mol. The molecule has 9 heteroatoms. The lowest BCUT2D eigenvalue weighted by atomic mass is 10.1. The van der Waals surface area contributed by atoms with Gasteiger partial charge in [-0.2, -0.15) is 0 Å². The van der Waals surface area contributed by atoms with Gasteiger partial charge in [0.2, 0.25) is 11.8 Å². The molecule has 5 nitrogen and oxygen atoms in total. The second-order valence-electron chi connectivity index (χ2n) is 6.12. The van der Waals surface area contributed by atoms with Crippen LogP contribution in [-0.4, -0.2) is 24.4 Å². The fourth-order valence-corrected chi connectivity index (χ4v) is 3.13. The van der Waals surface area contributed by atoms with Gasteiger partial charge in [0.1, 0.15) is 0 Å². The number of carbonyl (C=O) groups is 2. The minimum Gasteiger partial charge on any atom is -0.346 e. The van der Waals surface area contributed by atoms with E-state index in [0.717, 1.165) is 16.1 Å². The molecule has 3 N–H and O–H groups in total. The molecule has 0 unspecified atom stereocenters. The highest BCUT2D eigenvalue weighted by molar-refractivity contribution is 9.10. The predicted molar refractivity (Wildman–Crippen MR) is 103 cm³/mol. The first-order valence-electron chi connectivity index (χ1n) is 8.42. The Morgan fingerprint density at radius 2 is 1.71 bits per heavy atom. The van der Waals surface area contributed by atoms with Crippen molar-refractivity contribution in [2.75, 3.05) is 11.9 Å². The highest BCUT2D eigenvalue weighted by Crippen LogP contribution is 2.23. The van der Waals surface area contributed by atoms with Crippen molar-refractivity contribution in [1.29, 1.82) is 0 Å². The van der Waals surface area contributed by atoms with E-state index in [0.29, 0.717) is 6.07 Å². The summed E-state index contributed by atoms with van der Waals surface area (Å²) in [5.74, 6) is -5.76. The van der Waals surface area contributed by atoms with Crippen molar-refractivity contribution in [3.8, 4) is 0 Å². The quantitative estimate of drug-likeness (QED) is 0.555. The second-order valence-corrected chi connectivity index (χ2v) is 6.97. The lowest BCUT2D eigenvalue weighted by Crippen LogP contribution is -2.45. The molecule has 2 aromatic rings. The van der Waals surface area contributed by atoms with E-state index >= 15 is 0 Å². The summed E-state index contributed by atoms with van der Waals surface area (Å²) in [6.45, 7) is 3.07. The molecular formula is C19H19BrF3N3O2. The van der Waals surface area contributed by atoms with Crippen LogP contribution >= 0.6 is 15.9 Å². The maximum atomic E-state index is 13.6. The normalized spacial score (nSPS) is 12.9. The molecule has 0 aromatic heterocycles. The van der Waals surface area contributed by atoms with Crippen LogP contribution in [0, 0.1) is 17.5 Å². The predicted octanol–water partition coefficient (Wildman–Crippen LogP) is 3.66. The van der Waals surface area contributed by atoms with Crippen molar-refractivity contribution < 1.29 is 22.8 Å². The van der Waals surface area contributed by atoms with E-state index in [1.54, 1.807) is 6.92 Å². The van der Waals surface area contributed by atoms with Crippen LogP contribution in [0.1, 0.15) is 25.5 Å². The van der Waals surface area contributed by atoms with Gasteiger partial charge in [-0.3, -0.25) is 14.9 Å². The molecule has 0 fully saturated rings. The first kappa shape index (κ1) is 21.9. The number of anilines is 1. The van der Waals surface area contributed by atoms with Gasteiger partial charge in [-0.05, 0) is 37.6 Å². The fraction of sp³-hybridized carbons (Fsp3) is 0.263. The topological polar surface area (TPSA) is 70.2 Å². The molecule has 28 heavy (non-hydrogen) atoms. The highest BCUT2D eigenvalue weighted by Gasteiger charge is 2.19. The van der Waals surface area contributed by atoms with Gasteiger partial charge in [-0.25, -0.2) is 13.2 Å². The van der Waals surface area contributed by atoms with Gasteiger partial charge in [0.05, 0.1) is 18.3 Å². The molecule has 0 spiro atoms. The molecule has 0 saturated heterocycles. The number of carbonyl (C=O) groups excluding carboxylic acids is 2. The number of halogens is 4. The summed E-state index contributed by atoms with van der Waals surface area (Å²) >= 11 is 3.45. The van der Waals surface area contributed by atoms with Gasteiger partial charge in [0, 0.05) is 10.5 Å². The zero-order valence-corrected chi connectivity index (χ0v) is 16.7. The average Bonchev–Trinajstić information content (AvgIpc) is 2.66. The highest BCUT2D eigenvalue weighted by atomic mass is 79.9. The third-order valence-corrected chi connectivity index (χ3v) is 4.72. The van der Waals surface area contributed by atoms with Gasteiger partial charge in [0.25, 0.3) is 0 Å². The second kappa shape index (κ2) is 9.70. The summed E-state index contributed by atoms with van der Waals surface area (Å²) < 4.78 is 40.5. The van der Waals surface area contributed by atoms with E-state index < -0.39 is 47.5 Å². The molecule has 0 saturated carbocycles. The third kappa shape index (κ3) is 5.56. The van der Waals surface area contributed by atoms with Crippen molar-refractivity contribution in [1.82, 2.24) is 10.6 Å². The summed E-state index contributed by atoms with van der Waals surface area (Å²) in [5.41, 5.74) is 0.459. The SMILES string of the molecule is C[C@H](N[C@H](C)c1ccccc1Br)C(=O)NCC(=O)Nc1ccc(F)c(F)c1F. The Hall–Kier alpha value is -2.39. The molecule has 2 aromatic carbocycles. The van der Waals surface area contributed by atoms with E-state index in [2.05, 4.69) is 31.9 Å². The van der Waals surface area contributed by atoms with Crippen molar-refractivity contribution in [2.45, 2.75) is 25.9 Å². The van der Waals surface area contributed by atoms with Crippen molar-refractivity contribution in [3.63, 3.8) is 0 Å². The first-order valence-corrected chi connectivity index (χ1v) is 9.21. The Morgan fingerprint density at radius 3 is 2.39 bits per heavy atom. The van der Waals surface area contributed by atoms with Crippen LogP contribution in [0.2, 0.25) is 0 Å². The van der Waals surface area contributed by atoms with E-state index in [-0.39, 0.29) is 6.04 Å². The summed E-state index contributed by atoms with van der Waals surface area (Å²) in [6, 6.07) is 8.40. The lowest BCUT2D eigenvalue weighted by Gasteiger charge is -2.21. The Kier molecular flexibility index (Phi) is 7.59. The molecule has 150 valence electrons. The summed E-state index contributed by atoms with van der Waals surface area (Å²) in [7, 11) is 0. The zero-order valence-electron chi connectivity index (χ0n) is 15.2. The fourth-order valence-electron chi connectivity index (χ4n) is 2.50. The van der Waals surface area contributed by atoms with Crippen LogP contribution in [0.4, 0.5) is 18.9 Å². The molecule has 2 amide bonds. The Morgan fingerprint density at radius 1 is 1.04 bits per heavy atom. The maximum absolute atomic E-state index is 13.6. The number of benzene rings is 2. The van der Waals surface area contributed by atoms with E-state index in [1.807, 2.05) is 31.2 Å². The number of rotatable bonds is 7. The minimum atomic E-state index is -1.68. The van der Waals surface area contributed by atoms with Crippen molar-refractivity contribution in [3.05, 3.63) is 63.9 Å². The number of amides is 2. The van der Waals surface area contributed by atoms with Gasteiger partial charge >= 0.3 is 0 Å². The Labute approximate surface area is 168 Å². The molecule has 0 aliphatic carbocycles. The van der Waals surface area contributed by atoms with Crippen LogP contribution in [0.5, 0.6) is 0 Å². The Bertz CT molecular complexity index is 879. The molecule has 0 aliphatic heterocycles. The molecule has 2 atom stereocenters. The van der Waals surface area contributed by atoms with Gasteiger partial charge in [-0.15, -0.1) is 0 Å². The smallest absolute Gasteiger partial charge is 0.243 e. The van der Waals surface area contributed by atoms with Gasteiger partial charge in [-0.1, -0.05) is 34.1 Å². The number of hydrogen-bond donors (Lipinski definition) is 3. The number of hydrogen-bond acceptors (Lipinski definition) is 3. The van der Waals surface area contributed by atoms with Crippen molar-refractivity contribution in [2.24, 2.45) is 0 Å². The van der Waals surface area contributed by atoms with E-state index in [1.165, 1.54) is 0 Å². The van der Waals surface area contributed by atoms with Gasteiger partial charge < -0.3 is 10.6 Å². The molecular weight excluding hydrogens is 439 g/mol. The van der Waals surface area contributed by atoms with Crippen LogP contribution in [0.15, 0.2) is 40.9 Å². The molecule has 2 rings (SSSR count). The van der Waals surface area contributed by atoms with Gasteiger partial charge in [0.15, 0.2) is 17.5 Å². The minimum absolute atomic E-state index is 0.138. The molecule has 0 aliphatic rings. The van der Waals surface area contributed by atoms with E-state index in [9.17, 15) is 22.8 Å². The van der Waals surface area contributed by atoms with Crippen LogP contribution in [-0.2, 0) is 9.59 Å². The van der Waals surface area contributed by atoms with Crippen LogP contribution in [0.25, 0.3) is 0 Å². The lowest BCUT2D eigenvalue weighted by molar-refractivity contribution is -0.125. The zero-order chi connectivity index (χ0) is 20.8. The summed E-state index contributed by atoms with van der Waals surface area (Å²) in [6.07, 6.45) is 0. The van der Waals surface area contributed by atoms with E-state index in [4.69, 9.17) is 0 Å². The summed E-state index contributed by atoms with van der Waals surface area (Å²) in [4.78, 5) is 24.0. The largest absolute Gasteiger partial charge is 0.346 e. The van der Waals surface area contributed by atoms with Crippen LogP contribution in [0.3, 0.4) is 0 Å². The molecule has 0 heterocycles.